The van der Waals surface area contributed by atoms with Gasteiger partial charge in [0.15, 0.2) is 0 Å². The topological polar surface area (TPSA) is 32.3 Å². The van der Waals surface area contributed by atoms with Gasteiger partial charge in [-0.25, -0.2) is 0 Å². The van der Waals surface area contributed by atoms with E-state index >= 15 is 0 Å². The highest BCUT2D eigenvalue weighted by Gasteiger charge is 2.19. The van der Waals surface area contributed by atoms with Crippen molar-refractivity contribution in [3.8, 4) is 0 Å². The van der Waals surface area contributed by atoms with Crippen LogP contribution in [0, 0.1) is 0 Å². The minimum atomic E-state index is -0.390. The smallest absolute Gasteiger partial charge is 0.251 e. The number of nitrogens with zero attached hydrogens (tertiary/aromatic N) is 1. The van der Waals surface area contributed by atoms with Crippen LogP contribution in [-0.2, 0) is 0 Å². The van der Waals surface area contributed by atoms with Gasteiger partial charge in [0, 0.05) is 36.8 Å². The van der Waals surface area contributed by atoms with Crippen molar-refractivity contribution in [3.63, 3.8) is 0 Å². The number of alkyl halides is 1. The van der Waals surface area contributed by atoms with E-state index in [1.54, 1.807) is 0 Å². The standard InChI is InChI=1S/C13H19ClN2O/c1-13(2,9-14)15-12(17)10-5-7-11(8-6-10)16(3)4/h5-8H,9H2,1-4H3,(H,15,17). The Morgan fingerprint density at radius 1 is 1.29 bits per heavy atom. The van der Waals surface area contributed by atoms with Gasteiger partial charge in [-0.1, -0.05) is 0 Å². The highest BCUT2D eigenvalue weighted by molar-refractivity contribution is 6.18. The zero-order valence-corrected chi connectivity index (χ0v) is 11.5. The Morgan fingerprint density at radius 2 is 1.82 bits per heavy atom. The number of benzene rings is 1. The monoisotopic (exact) mass is 254 g/mol. The van der Waals surface area contributed by atoms with E-state index in [1.807, 2.05) is 57.1 Å². The molecule has 0 saturated carbocycles. The molecule has 0 aliphatic carbocycles. The van der Waals surface area contributed by atoms with Crippen molar-refractivity contribution < 1.29 is 4.79 Å². The number of rotatable bonds is 4. The lowest BCUT2D eigenvalue weighted by atomic mass is 10.1. The van der Waals surface area contributed by atoms with Gasteiger partial charge in [-0.05, 0) is 38.1 Å². The second kappa shape index (κ2) is 5.41. The quantitative estimate of drug-likeness (QED) is 0.838. The average molecular weight is 255 g/mol. The molecule has 0 radical (unpaired) electrons. The molecule has 0 atom stereocenters. The lowest BCUT2D eigenvalue weighted by molar-refractivity contribution is 0.0920. The summed E-state index contributed by atoms with van der Waals surface area (Å²) < 4.78 is 0. The number of hydrogen-bond donors (Lipinski definition) is 1. The largest absolute Gasteiger partial charge is 0.378 e. The minimum absolute atomic E-state index is 0.0963. The molecule has 0 bridgehead atoms. The van der Waals surface area contributed by atoms with E-state index in [-0.39, 0.29) is 5.91 Å². The summed E-state index contributed by atoms with van der Waals surface area (Å²) in [5.74, 6) is 0.287. The Balaban J connectivity index is 2.77. The van der Waals surface area contributed by atoms with Gasteiger partial charge >= 0.3 is 0 Å². The van der Waals surface area contributed by atoms with Gasteiger partial charge in [0.1, 0.15) is 0 Å². The van der Waals surface area contributed by atoms with Crippen LogP contribution in [0.3, 0.4) is 0 Å². The minimum Gasteiger partial charge on any atom is -0.378 e. The molecule has 94 valence electrons. The Hall–Kier alpha value is -1.22. The van der Waals surface area contributed by atoms with Crippen LogP contribution in [-0.4, -0.2) is 31.4 Å². The molecule has 4 heteroatoms. The van der Waals surface area contributed by atoms with Crippen LogP contribution in [0.25, 0.3) is 0 Å². The molecule has 0 aliphatic rings. The Morgan fingerprint density at radius 3 is 2.24 bits per heavy atom. The number of halogens is 1. The summed E-state index contributed by atoms with van der Waals surface area (Å²) >= 11 is 5.77. The summed E-state index contributed by atoms with van der Waals surface area (Å²) in [6, 6.07) is 7.47. The maximum atomic E-state index is 11.9. The van der Waals surface area contributed by atoms with E-state index in [1.165, 1.54) is 0 Å². The van der Waals surface area contributed by atoms with E-state index in [2.05, 4.69) is 5.32 Å². The van der Waals surface area contributed by atoms with Gasteiger partial charge in [0.2, 0.25) is 0 Å². The van der Waals surface area contributed by atoms with Gasteiger partial charge in [0.05, 0.1) is 0 Å². The van der Waals surface area contributed by atoms with Crippen molar-refractivity contribution >= 4 is 23.2 Å². The second-order valence-electron chi connectivity index (χ2n) is 4.91. The zero-order valence-electron chi connectivity index (χ0n) is 10.7. The van der Waals surface area contributed by atoms with E-state index in [0.717, 1.165) is 5.69 Å². The third-order valence-corrected chi connectivity index (χ3v) is 3.10. The predicted molar refractivity (Wildman–Crippen MR) is 73.0 cm³/mol. The molecule has 0 heterocycles. The molecule has 0 saturated heterocycles. The number of nitrogens with one attached hydrogen (secondary N) is 1. The molecule has 17 heavy (non-hydrogen) atoms. The number of anilines is 1. The van der Waals surface area contributed by atoms with Crippen molar-refractivity contribution in [1.29, 1.82) is 0 Å². The molecule has 0 fully saturated rings. The summed E-state index contributed by atoms with van der Waals surface area (Å²) in [5.41, 5.74) is 1.32. The lowest BCUT2D eigenvalue weighted by Crippen LogP contribution is -2.44. The van der Waals surface area contributed by atoms with Crippen molar-refractivity contribution in [2.75, 3.05) is 24.9 Å². The van der Waals surface area contributed by atoms with Crippen LogP contribution in [0.1, 0.15) is 24.2 Å². The first-order valence-corrected chi connectivity index (χ1v) is 6.05. The van der Waals surface area contributed by atoms with Crippen LogP contribution < -0.4 is 10.2 Å². The van der Waals surface area contributed by atoms with Gasteiger partial charge in [-0.2, -0.15) is 0 Å². The normalized spacial score (nSPS) is 11.1. The second-order valence-corrected chi connectivity index (χ2v) is 5.18. The molecular formula is C13H19ClN2O. The fourth-order valence-corrected chi connectivity index (χ4v) is 1.39. The van der Waals surface area contributed by atoms with Gasteiger partial charge in [-0.15, -0.1) is 11.6 Å². The van der Waals surface area contributed by atoms with E-state index in [4.69, 9.17) is 11.6 Å². The molecule has 1 N–H and O–H groups in total. The number of hydrogen-bond acceptors (Lipinski definition) is 2. The number of amides is 1. The molecule has 0 unspecified atom stereocenters. The summed E-state index contributed by atoms with van der Waals surface area (Å²) in [5, 5.41) is 2.89. The van der Waals surface area contributed by atoms with Crippen molar-refractivity contribution in [1.82, 2.24) is 5.32 Å². The number of carbonyl (C=O) groups is 1. The molecule has 1 aromatic carbocycles. The van der Waals surface area contributed by atoms with E-state index < -0.39 is 5.54 Å². The van der Waals surface area contributed by atoms with Crippen molar-refractivity contribution in [2.45, 2.75) is 19.4 Å². The molecule has 3 nitrogen and oxygen atoms in total. The molecule has 0 aliphatic heterocycles. The predicted octanol–water partition coefficient (Wildman–Crippen LogP) is 2.50. The van der Waals surface area contributed by atoms with Crippen LogP contribution in [0.4, 0.5) is 5.69 Å². The molecule has 1 aromatic rings. The van der Waals surface area contributed by atoms with Gasteiger partial charge < -0.3 is 10.2 Å². The molecule has 0 spiro atoms. The summed E-state index contributed by atoms with van der Waals surface area (Å²) in [4.78, 5) is 13.9. The first-order valence-electron chi connectivity index (χ1n) is 5.51. The fraction of sp³-hybridized carbons (Fsp3) is 0.462. The average Bonchev–Trinajstić information content (AvgIpc) is 2.28. The molecule has 1 rings (SSSR count). The fourth-order valence-electron chi connectivity index (χ4n) is 1.32. The SMILES string of the molecule is CN(C)c1ccc(C(=O)NC(C)(C)CCl)cc1. The van der Waals surface area contributed by atoms with Gasteiger partial charge in [-0.3, -0.25) is 4.79 Å². The summed E-state index contributed by atoms with van der Waals surface area (Å²) in [6.45, 7) is 3.79. The summed E-state index contributed by atoms with van der Waals surface area (Å²) in [7, 11) is 3.93. The molecule has 0 aromatic heterocycles. The van der Waals surface area contributed by atoms with Crippen LogP contribution in [0.5, 0.6) is 0 Å². The van der Waals surface area contributed by atoms with E-state index in [9.17, 15) is 4.79 Å². The Kier molecular flexibility index (Phi) is 4.40. The third-order valence-electron chi connectivity index (χ3n) is 2.43. The molecule has 1 amide bonds. The Bertz CT molecular complexity index is 385. The Labute approximate surface area is 108 Å². The van der Waals surface area contributed by atoms with Crippen LogP contribution in [0.15, 0.2) is 24.3 Å². The van der Waals surface area contributed by atoms with Gasteiger partial charge in [0.25, 0.3) is 5.91 Å². The lowest BCUT2D eigenvalue weighted by Gasteiger charge is -2.23. The number of carbonyl (C=O) groups excluding carboxylic acids is 1. The molecular weight excluding hydrogens is 236 g/mol. The first kappa shape index (κ1) is 13.8. The van der Waals surface area contributed by atoms with Crippen molar-refractivity contribution in [2.24, 2.45) is 0 Å². The van der Waals surface area contributed by atoms with E-state index in [0.29, 0.717) is 11.4 Å². The third kappa shape index (κ3) is 3.93. The first-order chi connectivity index (χ1) is 7.85. The maximum absolute atomic E-state index is 11.9. The zero-order chi connectivity index (χ0) is 13.1. The highest BCUT2D eigenvalue weighted by atomic mass is 35.5. The summed E-state index contributed by atoms with van der Waals surface area (Å²) in [6.07, 6.45) is 0. The van der Waals surface area contributed by atoms with Crippen molar-refractivity contribution in [3.05, 3.63) is 29.8 Å². The maximum Gasteiger partial charge on any atom is 0.251 e. The highest BCUT2D eigenvalue weighted by Crippen LogP contribution is 2.13. The van der Waals surface area contributed by atoms with Crippen LogP contribution >= 0.6 is 11.6 Å². The van der Waals surface area contributed by atoms with Crippen LogP contribution in [0.2, 0.25) is 0 Å².